The molecule has 4 N–H and O–H groups in total. The fourth-order valence-corrected chi connectivity index (χ4v) is 8.86. The molecule has 0 radical (unpaired) electrons. The monoisotopic (exact) mass is 686 g/mol. The number of hydrogen-bond acceptors (Lipinski definition) is 11. The van der Waals surface area contributed by atoms with E-state index in [9.17, 15) is 33.1 Å². The fourth-order valence-electron chi connectivity index (χ4n) is 4.65. The topological polar surface area (TPSA) is 171 Å². The number of carbonyl (C=O) groups excluding carboxylic acids is 1. The van der Waals surface area contributed by atoms with E-state index < -0.39 is 32.7 Å². The lowest BCUT2D eigenvalue weighted by Crippen LogP contribution is -2.22. The van der Waals surface area contributed by atoms with Gasteiger partial charge in [-0.15, -0.1) is 0 Å². The Morgan fingerprint density at radius 1 is 1.20 bits per heavy atom. The lowest BCUT2D eigenvalue weighted by molar-refractivity contribution is -0.116. The largest absolute Gasteiger partial charge is 0.489 e. The molecule has 15 heteroatoms. The highest BCUT2D eigenvalue weighted by Gasteiger charge is 2.30. The number of benzene rings is 3. The van der Waals surface area contributed by atoms with Gasteiger partial charge in [-0.05, 0) is 59.2 Å². The molecule has 3 aromatic carbocycles. The first-order valence-corrected chi connectivity index (χ1v) is 17.4. The number of nitrogens with zero attached hydrogens (tertiary/aromatic N) is 2. The van der Waals surface area contributed by atoms with Crippen LogP contribution in [0.1, 0.15) is 24.0 Å². The number of fused-ring (bicyclic) bond motifs is 1. The minimum absolute atomic E-state index is 0.000757. The molecule has 4 aromatic rings. The summed E-state index contributed by atoms with van der Waals surface area (Å²) in [5, 5.41) is 35.2. The van der Waals surface area contributed by atoms with Crippen LogP contribution in [-0.4, -0.2) is 59.8 Å². The maximum atomic E-state index is 13.5. The van der Waals surface area contributed by atoms with E-state index in [1.54, 1.807) is 36.4 Å². The van der Waals surface area contributed by atoms with Crippen LogP contribution in [0.2, 0.25) is 5.02 Å². The summed E-state index contributed by atoms with van der Waals surface area (Å²) in [5.74, 6) is -0.327. The molecule has 46 heavy (non-hydrogen) atoms. The Morgan fingerprint density at radius 3 is 2.72 bits per heavy atom. The summed E-state index contributed by atoms with van der Waals surface area (Å²) >= 11 is 6.49. The van der Waals surface area contributed by atoms with Crippen molar-refractivity contribution in [2.45, 2.75) is 30.8 Å². The molecule has 0 saturated carbocycles. The molecule has 1 amide bonds. The standard InChI is InChI=1S/C31H28ClFN4O7S2/c32-25-9-21(4-5-28(25)43-16-18-2-1-3-20(33)8-18)36-31-19(13-34)14-35-26-12-29(44-17-22(39)15-38)27(11-24(26)31)37-30(40)10-23-6-7-46(41,42)45-23/h1-5,8-9,11-12,14,22-23,38-39H,6-7,10,15-17H2,(H,35,36)(H,37,40). The molecule has 1 saturated heterocycles. The van der Waals surface area contributed by atoms with Gasteiger partial charge in [-0.2, -0.15) is 5.26 Å². The van der Waals surface area contributed by atoms with Gasteiger partial charge in [0.25, 0.3) is 0 Å². The van der Waals surface area contributed by atoms with E-state index in [0.717, 1.165) is 10.8 Å². The highest BCUT2D eigenvalue weighted by atomic mass is 35.5. The van der Waals surface area contributed by atoms with E-state index in [4.69, 9.17) is 21.1 Å². The third kappa shape index (κ3) is 8.36. The zero-order valence-electron chi connectivity index (χ0n) is 24.1. The first kappa shape index (κ1) is 33.2. The zero-order chi connectivity index (χ0) is 32.8. The van der Waals surface area contributed by atoms with E-state index in [-0.39, 0.29) is 53.2 Å². The van der Waals surface area contributed by atoms with Gasteiger partial charge < -0.3 is 30.3 Å². The van der Waals surface area contributed by atoms with Crippen LogP contribution in [0.25, 0.3) is 10.9 Å². The number of amides is 1. The van der Waals surface area contributed by atoms with Gasteiger partial charge in [0, 0.05) is 35.0 Å². The molecule has 1 aliphatic rings. The zero-order valence-corrected chi connectivity index (χ0v) is 26.5. The number of nitrogens with one attached hydrogen (secondary N) is 2. The van der Waals surface area contributed by atoms with E-state index in [1.165, 1.54) is 24.4 Å². The molecule has 0 bridgehead atoms. The molecule has 1 aliphatic heterocycles. The number of anilines is 3. The maximum absolute atomic E-state index is 13.5. The number of aliphatic hydroxyl groups is 2. The molecular formula is C31H28ClFN4O7S2. The summed E-state index contributed by atoms with van der Waals surface area (Å²) in [4.78, 5) is 17.4. The third-order valence-electron chi connectivity index (χ3n) is 6.88. The summed E-state index contributed by atoms with van der Waals surface area (Å²) in [6, 6.07) is 16.1. The second kappa shape index (κ2) is 14.5. The summed E-state index contributed by atoms with van der Waals surface area (Å²) in [6.07, 6.45) is 0.473. The minimum atomic E-state index is -3.26. The second-order valence-corrected chi connectivity index (χ2v) is 15.3. The molecule has 1 fully saturated rings. The van der Waals surface area contributed by atoms with Crippen molar-refractivity contribution in [3.05, 3.63) is 82.8 Å². The van der Waals surface area contributed by atoms with Crippen LogP contribution in [-0.2, 0) is 20.3 Å². The normalized spacial score (nSPS) is 16.0. The molecule has 0 aliphatic carbocycles. The van der Waals surface area contributed by atoms with Crippen molar-refractivity contribution in [3.8, 4) is 17.6 Å². The van der Waals surface area contributed by atoms with Crippen LogP contribution >= 0.6 is 22.4 Å². The Hall–Kier alpha value is -4.13. The van der Waals surface area contributed by atoms with E-state index in [1.807, 2.05) is 0 Å². The van der Waals surface area contributed by atoms with Gasteiger partial charge in [-0.25, -0.2) is 12.8 Å². The summed E-state index contributed by atoms with van der Waals surface area (Å²) in [6.45, 7) is -0.728. The first-order valence-electron chi connectivity index (χ1n) is 14.0. The summed E-state index contributed by atoms with van der Waals surface area (Å²) in [7, 11) is -2.48. The lowest BCUT2D eigenvalue weighted by Gasteiger charge is -2.18. The number of pyridine rings is 1. The third-order valence-corrected chi connectivity index (χ3v) is 11.1. The van der Waals surface area contributed by atoms with Crippen molar-refractivity contribution in [2.75, 3.05) is 29.6 Å². The number of rotatable bonds is 12. The predicted octanol–water partition coefficient (Wildman–Crippen LogP) is 5.12. The average Bonchev–Trinajstić information content (AvgIpc) is 3.37. The fraction of sp³-hybridized carbons (Fsp3) is 0.258. The molecular weight excluding hydrogens is 659 g/mol. The second-order valence-electron chi connectivity index (χ2n) is 10.4. The summed E-state index contributed by atoms with van der Waals surface area (Å²) < 4.78 is 48.7. The van der Waals surface area contributed by atoms with E-state index in [2.05, 4.69) is 21.7 Å². The van der Waals surface area contributed by atoms with Gasteiger partial charge >= 0.3 is 0 Å². The van der Waals surface area contributed by atoms with Crippen LogP contribution in [0.3, 0.4) is 0 Å². The Kier molecular flexibility index (Phi) is 10.5. The molecule has 5 rings (SSSR count). The van der Waals surface area contributed by atoms with Crippen molar-refractivity contribution in [1.29, 1.82) is 5.26 Å². The number of carbonyl (C=O) groups is 1. The maximum Gasteiger partial charge on any atom is 0.225 e. The number of aliphatic hydroxyl groups excluding tert-OH is 2. The Bertz CT molecular complexity index is 1920. The summed E-state index contributed by atoms with van der Waals surface area (Å²) in [5.41, 5.74) is 2.24. The van der Waals surface area contributed by atoms with Crippen molar-refractivity contribution in [1.82, 2.24) is 4.98 Å². The van der Waals surface area contributed by atoms with Gasteiger partial charge in [0.1, 0.15) is 42.7 Å². The molecule has 11 nitrogen and oxygen atoms in total. The van der Waals surface area contributed by atoms with Crippen LogP contribution in [0.5, 0.6) is 11.5 Å². The molecule has 0 spiro atoms. The minimum Gasteiger partial charge on any atom is -0.489 e. The number of nitriles is 1. The quantitative estimate of drug-likeness (QED) is 0.146. The Morgan fingerprint density at radius 2 is 2.02 bits per heavy atom. The highest BCUT2D eigenvalue weighted by molar-refractivity contribution is 8.72. The van der Waals surface area contributed by atoms with Crippen molar-refractivity contribution in [2.24, 2.45) is 0 Å². The van der Waals surface area contributed by atoms with Crippen molar-refractivity contribution >= 4 is 65.1 Å². The van der Waals surface area contributed by atoms with Gasteiger partial charge in [-0.3, -0.25) is 9.78 Å². The number of hydrogen-bond donors (Lipinski definition) is 4. The molecule has 2 heterocycles. The molecule has 2 unspecified atom stereocenters. The average molecular weight is 687 g/mol. The van der Waals surface area contributed by atoms with Gasteiger partial charge in [0.2, 0.25) is 14.8 Å². The van der Waals surface area contributed by atoms with Gasteiger partial charge in [0.05, 0.1) is 39.8 Å². The van der Waals surface area contributed by atoms with Gasteiger partial charge in [0.15, 0.2) is 0 Å². The number of halogens is 2. The molecule has 2 atom stereocenters. The Balaban J connectivity index is 1.43. The predicted molar refractivity (Wildman–Crippen MR) is 174 cm³/mol. The van der Waals surface area contributed by atoms with Gasteiger partial charge in [-0.1, -0.05) is 23.7 Å². The number of aromatic nitrogens is 1. The van der Waals surface area contributed by atoms with E-state index in [0.29, 0.717) is 40.0 Å². The highest BCUT2D eigenvalue weighted by Crippen LogP contribution is 2.38. The van der Waals surface area contributed by atoms with Crippen molar-refractivity contribution in [3.63, 3.8) is 0 Å². The Labute approximate surface area is 272 Å². The van der Waals surface area contributed by atoms with Crippen LogP contribution in [0, 0.1) is 17.1 Å². The first-order chi connectivity index (χ1) is 22.0. The van der Waals surface area contributed by atoms with Crippen LogP contribution in [0.15, 0.2) is 60.8 Å². The van der Waals surface area contributed by atoms with Crippen LogP contribution in [0.4, 0.5) is 21.5 Å². The molecule has 240 valence electrons. The lowest BCUT2D eigenvalue weighted by atomic mass is 10.1. The SMILES string of the molecule is N#Cc1cnc2cc(OCC(O)CO)c(NC(=O)CC3CCS(=O)(=O)S3)cc2c1Nc1ccc(OCc2cccc(F)c2)c(Cl)c1. The molecule has 1 aromatic heterocycles. The van der Waals surface area contributed by atoms with Crippen molar-refractivity contribution < 1.29 is 37.3 Å². The smallest absolute Gasteiger partial charge is 0.225 e. The number of ether oxygens (including phenoxy) is 2. The van der Waals surface area contributed by atoms with E-state index >= 15 is 0 Å². The van der Waals surface area contributed by atoms with Crippen LogP contribution < -0.4 is 20.1 Å².